The molecule has 21 heavy (non-hydrogen) atoms. The summed E-state index contributed by atoms with van der Waals surface area (Å²) in [6, 6.07) is 9.73. The number of benzene rings is 1. The van der Waals surface area contributed by atoms with E-state index in [1.165, 1.54) is 29.5 Å². The van der Waals surface area contributed by atoms with Crippen molar-refractivity contribution in [3.05, 3.63) is 62.9 Å². The van der Waals surface area contributed by atoms with E-state index in [9.17, 15) is 9.59 Å². The summed E-state index contributed by atoms with van der Waals surface area (Å²) in [6.07, 6.45) is 1.47. The first-order valence-electron chi connectivity index (χ1n) is 6.07. The molecular formula is C16H11NO3S. The van der Waals surface area contributed by atoms with Crippen molar-refractivity contribution >= 4 is 29.2 Å². The van der Waals surface area contributed by atoms with Crippen LogP contribution in [0.3, 0.4) is 0 Å². The fraction of sp³-hybridized carbons (Fsp3) is 0.0625. The molecule has 0 spiro atoms. The fourth-order valence-electron chi connectivity index (χ4n) is 1.76. The predicted molar refractivity (Wildman–Crippen MR) is 80.4 cm³/mol. The summed E-state index contributed by atoms with van der Waals surface area (Å²) < 4.78 is 0. The van der Waals surface area contributed by atoms with Crippen molar-refractivity contribution in [2.75, 3.05) is 0 Å². The van der Waals surface area contributed by atoms with Crippen LogP contribution < -0.4 is 0 Å². The maximum absolute atomic E-state index is 12.3. The van der Waals surface area contributed by atoms with Crippen molar-refractivity contribution in [2.24, 2.45) is 0 Å². The van der Waals surface area contributed by atoms with Gasteiger partial charge in [-0.15, -0.1) is 11.3 Å². The number of nitrogens with zero attached hydrogens (tertiary/aromatic N) is 1. The van der Waals surface area contributed by atoms with Crippen LogP contribution in [0.4, 0.5) is 0 Å². The first-order valence-corrected chi connectivity index (χ1v) is 6.95. The molecule has 0 aliphatic carbocycles. The molecule has 0 fully saturated rings. The van der Waals surface area contributed by atoms with E-state index >= 15 is 0 Å². The van der Waals surface area contributed by atoms with Crippen LogP contribution >= 0.6 is 11.3 Å². The van der Waals surface area contributed by atoms with Gasteiger partial charge >= 0.3 is 5.97 Å². The number of carboxylic acids is 1. The molecule has 0 aliphatic heterocycles. The van der Waals surface area contributed by atoms with E-state index in [2.05, 4.69) is 0 Å². The van der Waals surface area contributed by atoms with Crippen molar-refractivity contribution in [2.45, 2.75) is 6.92 Å². The normalized spacial score (nSPS) is 11.0. The number of carbonyl (C=O) groups excluding carboxylic acids is 1. The van der Waals surface area contributed by atoms with Gasteiger partial charge in [-0.1, -0.05) is 12.1 Å². The van der Waals surface area contributed by atoms with E-state index in [-0.39, 0.29) is 16.9 Å². The van der Waals surface area contributed by atoms with Gasteiger partial charge in [0.25, 0.3) is 0 Å². The molecule has 0 aliphatic rings. The van der Waals surface area contributed by atoms with Crippen molar-refractivity contribution in [1.29, 1.82) is 5.26 Å². The van der Waals surface area contributed by atoms with Gasteiger partial charge in [0.2, 0.25) is 5.78 Å². The third-order valence-electron chi connectivity index (χ3n) is 2.90. The Kier molecular flexibility index (Phi) is 4.31. The summed E-state index contributed by atoms with van der Waals surface area (Å²) >= 11 is 1.30. The third-order valence-corrected chi connectivity index (χ3v) is 3.92. The van der Waals surface area contributed by atoms with E-state index in [4.69, 9.17) is 10.4 Å². The molecule has 0 atom stereocenters. The molecule has 0 unspecified atom stereocenters. The minimum absolute atomic E-state index is 0.0311. The highest BCUT2D eigenvalue weighted by Crippen LogP contribution is 2.21. The van der Waals surface area contributed by atoms with Gasteiger partial charge in [-0.2, -0.15) is 5.26 Å². The summed E-state index contributed by atoms with van der Waals surface area (Å²) in [7, 11) is 0. The number of aryl methyl sites for hydroxylation is 1. The number of aromatic carboxylic acids is 1. The predicted octanol–water partition coefficient (Wildman–Crippen LogP) is 3.54. The smallest absolute Gasteiger partial charge is 0.335 e. The standard InChI is InChI=1S/C16H11NO3S/c1-10-6-7-21-15(10)14(18)13(9-17)8-11-2-4-12(5-3-11)16(19)20/h2-8H,1H3,(H,19,20)/b13-8-. The van der Waals surface area contributed by atoms with Crippen LogP contribution in [0, 0.1) is 18.3 Å². The van der Waals surface area contributed by atoms with Crippen LogP contribution in [0.5, 0.6) is 0 Å². The molecule has 4 nitrogen and oxygen atoms in total. The minimum Gasteiger partial charge on any atom is -0.478 e. The summed E-state index contributed by atoms with van der Waals surface area (Å²) in [4.78, 5) is 23.6. The number of allylic oxidation sites excluding steroid dienone is 1. The highest BCUT2D eigenvalue weighted by molar-refractivity contribution is 7.12. The highest BCUT2D eigenvalue weighted by Gasteiger charge is 2.15. The van der Waals surface area contributed by atoms with Gasteiger partial charge in [0, 0.05) is 0 Å². The second kappa shape index (κ2) is 6.16. The summed E-state index contributed by atoms with van der Waals surface area (Å²) in [5.74, 6) is -1.33. The van der Waals surface area contributed by atoms with Gasteiger partial charge in [0.15, 0.2) is 0 Å². The zero-order valence-corrected chi connectivity index (χ0v) is 12.0. The first-order chi connectivity index (χ1) is 10.0. The van der Waals surface area contributed by atoms with Crippen LogP contribution in [0.15, 0.2) is 41.3 Å². The molecule has 1 heterocycles. The van der Waals surface area contributed by atoms with Crippen LogP contribution in [0.1, 0.15) is 31.2 Å². The lowest BCUT2D eigenvalue weighted by Gasteiger charge is -1.99. The summed E-state index contributed by atoms with van der Waals surface area (Å²) in [5.41, 5.74) is 1.64. The number of rotatable bonds is 4. The van der Waals surface area contributed by atoms with Crippen molar-refractivity contribution in [3.63, 3.8) is 0 Å². The van der Waals surface area contributed by atoms with Crippen LogP contribution in [0.2, 0.25) is 0 Å². The maximum atomic E-state index is 12.3. The molecule has 1 aromatic carbocycles. The van der Waals surface area contributed by atoms with E-state index in [1.807, 2.05) is 19.1 Å². The first kappa shape index (κ1) is 14.7. The Balaban J connectivity index is 2.33. The van der Waals surface area contributed by atoms with Gasteiger partial charge in [0.05, 0.1) is 10.4 Å². The molecule has 0 saturated heterocycles. The van der Waals surface area contributed by atoms with E-state index in [0.29, 0.717) is 10.4 Å². The van der Waals surface area contributed by atoms with Crippen LogP contribution in [-0.2, 0) is 0 Å². The SMILES string of the molecule is Cc1ccsc1C(=O)/C(C#N)=C\c1ccc(C(=O)O)cc1. The third kappa shape index (κ3) is 3.25. The van der Waals surface area contributed by atoms with Crippen molar-refractivity contribution in [1.82, 2.24) is 0 Å². The zero-order chi connectivity index (χ0) is 15.4. The average molecular weight is 297 g/mol. The Hall–Kier alpha value is -2.71. The molecule has 0 bridgehead atoms. The lowest BCUT2D eigenvalue weighted by Crippen LogP contribution is -2.01. The number of carbonyl (C=O) groups is 2. The van der Waals surface area contributed by atoms with Gasteiger partial charge in [-0.05, 0) is 47.7 Å². The number of hydrogen-bond donors (Lipinski definition) is 1. The van der Waals surface area contributed by atoms with Gasteiger partial charge < -0.3 is 5.11 Å². The number of ketones is 1. The molecule has 0 amide bonds. The monoisotopic (exact) mass is 297 g/mol. The van der Waals surface area contributed by atoms with Gasteiger partial charge in [-0.3, -0.25) is 4.79 Å². The quantitative estimate of drug-likeness (QED) is 0.532. The lowest BCUT2D eigenvalue weighted by molar-refractivity contribution is 0.0696. The second-order valence-electron chi connectivity index (χ2n) is 4.36. The number of nitriles is 1. The number of thiophene rings is 1. The molecule has 2 rings (SSSR count). The topological polar surface area (TPSA) is 78.2 Å². The molecule has 2 aromatic rings. The Morgan fingerprint density at radius 3 is 2.38 bits per heavy atom. The Labute approximate surface area is 125 Å². The highest BCUT2D eigenvalue weighted by atomic mass is 32.1. The van der Waals surface area contributed by atoms with Gasteiger partial charge in [0.1, 0.15) is 11.6 Å². The Bertz CT molecular complexity index is 764. The largest absolute Gasteiger partial charge is 0.478 e. The molecule has 1 N–H and O–H groups in total. The molecule has 104 valence electrons. The number of Topliss-reactive ketones (excluding diaryl/α,β-unsaturated/α-hetero) is 1. The lowest BCUT2D eigenvalue weighted by atomic mass is 10.0. The summed E-state index contributed by atoms with van der Waals surface area (Å²) in [5, 5.41) is 19.8. The summed E-state index contributed by atoms with van der Waals surface area (Å²) in [6.45, 7) is 1.82. The second-order valence-corrected chi connectivity index (χ2v) is 5.27. The van der Waals surface area contributed by atoms with E-state index in [1.54, 1.807) is 17.5 Å². The Morgan fingerprint density at radius 1 is 1.24 bits per heavy atom. The van der Waals surface area contributed by atoms with Gasteiger partial charge in [-0.25, -0.2) is 4.79 Å². The fourth-order valence-corrected chi connectivity index (χ4v) is 2.64. The molecule has 0 saturated carbocycles. The average Bonchev–Trinajstić information content (AvgIpc) is 2.90. The Morgan fingerprint density at radius 2 is 1.90 bits per heavy atom. The van der Waals surface area contributed by atoms with Crippen molar-refractivity contribution < 1.29 is 14.7 Å². The van der Waals surface area contributed by atoms with Crippen LogP contribution in [-0.4, -0.2) is 16.9 Å². The molecule has 1 aromatic heterocycles. The zero-order valence-electron chi connectivity index (χ0n) is 11.2. The maximum Gasteiger partial charge on any atom is 0.335 e. The molecular weight excluding hydrogens is 286 g/mol. The van der Waals surface area contributed by atoms with Crippen LogP contribution in [0.25, 0.3) is 6.08 Å². The van der Waals surface area contributed by atoms with E-state index in [0.717, 1.165) is 5.56 Å². The van der Waals surface area contributed by atoms with Crippen molar-refractivity contribution in [3.8, 4) is 6.07 Å². The van der Waals surface area contributed by atoms with E-state index < -0.39 is 5.97 Å². The number of hydrogen-bond acceptors (Lipinski definition) is 4. The molecule has 0 radical (unpaired) electrons. The minimum atomic E-state index is -1.02. The number of carboxylic acid groups (broad SMARTS) is 1. The molecule has 5 heteroatoms.